The third kappa shape index (κ3) is 4.42. The van der Waals surface area contributed by atoms with E-state index in [4.69, 9.17) is 39.8 Å². The second-order valence-corrected chi connectivity index (χ2v) is 6.89. The molecule has 0 radical (unpaired) electrons. The molecule has 0 aliphatic carbocycles. The molecule has 27 heavy (non-hydrogen) atoms. The monoisotopic (exact) mass is 420 g/mol. The lowest BCUT2D eigenvalue weighted by molar-refractivity contribution is 0.0951. The van der Waals surface area contributed by atoms with Crippen molar-refractivity contribution >= 4 is 52.1 Å². The lowest BCUT2D eigenvalue weighted by Crippen LogP contribution is -2.33. The number of carbonyl (C=O) groups is 1. The molecule has 0 bridgehead atoms. The summed E-state index contributed by atoms with van der Waals surface area (Å²) >= 11 is 17.3. The standard InChI is InChI=1S/C19H14Cl2N2O3S/c1-10-5-6-14(24)13(9-10)22-19(27)23-18(25)16-8-7-15(26-16)11-3-2-4-12(20)17(11)21/h2-9,24H,1H3,(H2,22,23,25,27). The maximum absolute atomic E-state index is 12.3. The van der Waals surface area contributed by atoms with Crippen molar-refractivity contribution in [3.63, 3.8) is 0 Å². The Hall–Kier alpha value is -2.54. The van der Waals surface area contributed by atoms with Gasteiger partial charge in [0.2, 0.25) is 0 Å². The first kappa shape index (κ1) is 19.2. The molecule has 1 aromatic heterocycles. The summed E-state index contributed by atoms with van der Waals surface area (Å²) in [5.41, 5.74) is 1.90. The first-order valence-corrected chi connectivity index (χ1v) is 8.97. The van der Waals surface area contributed by atoms with Crippen LogP contribution in [-0.4, -0.2) is 16.1 Å². The first-order chi connectivity index (χ1) is 12.8. The van der Waals surface area contributed by atoms with E-state index in [1.807, 2.05) is 6.92 Å². The summed E-state index contributed by atoms with van der Waals surface area (Å²) in [6, 6.07) is 13.3. The van der Waals surface area contributed by atoms with Crippen LogP contribution in [0.25, 0.3) is 11.3 Å². The molecular weight excluding hydrogens is 407 g/mol. The van der Waals surface area contributed by atoms with Crippen molar-refractivity contribution < 1.29 is 14.3 Å². The lowest BCUT2D eigenvalue weighted by Gasteiger charge is -2.10. The van der Waals surface area contributed by atoms with Crippen LogP contribution < -0.4 is 10.6 Å². The van der Waals surface area contributed by atoms with Crippen molar-refractivity contribution in [1.82, 2.24) is 5.32 Å². The molecule has 0 fully saturated rings. The van der Waals surface area contributed by atoms with Crippen molar-refractivity contribution in [1.29, 1.82) is 0 Å². The molecule has 3 rings (SSSR count). The number of halogens is 2. The number of furan rings is 1. The van der Waals surface area contributed by atoms with Gasteiger partial charge in [-0.3, -0.25) is 10.1 Å². The molecular formula is C19H14Cl2N2O3S. The number of carbonyl (C=O) groups excluding carboxylic acids is 1. The fourth-order valence-corrected chi connectivity index (χ4v) is 2.96. The normalized spacial score (nSPS) is 10.5. The molecule has 2 aromatic carbocycles. The Balaban J connectivity index is 1.72. The van der Waals surface area contributed by atoms with E-state index in [2.05, 4.69) is 10.6 Å². The predicted molar refractivity (Wildman–Crippen MR) is 111 cm³/mol. The summed E-state index contributed by atoms with van der Waals surface area (Å²) < 4.78 is 5.57. The van der Waals surface area contributed by atoms with E-state index >= 15 is 0 Å². The van der Waals surface area contributed by atoms with Crippen molar-refractivity contribution in [3.05, 3.63) is 69.9 Å². The fraction of sp³-hybridized carbons (Fsp3) is 0.0526. The molecule has 138 valence electrons. The van der Waals surface area contributed by atoms with E-state index in [1.165, 1.54) is 12.1 Å². The highest BCUT2D eigenvalue weighted by molar-refractivity contribution is 7.80. The zero-order valence-corrected chi connectivity index (χ0v) is 16.4. The molecule has 1 heterocycles. The summed E-state index contributed by atoms with van der Waals surface area (Å²) in [5.74, 6) is -0.0568. The Labute approximate surface area is 170 Å². The van der Waals surface area contributed by atoms with Gasteiger partial charge < -0.3 is 14.8 Å². The topological polar surface area (TPSA) is 74.5 Å². The highest BCUT2D eigenvalue weighted by Gasteiger charge is 2.16. The van der Waals surface area contributed by atoms with E-state index in [0.717, 1.165) is 5.56 Å². The van der Waals surface area contributed by atoms with Crippen LogP contribution in [0.3, 0.4) is 0 Å². The van der Waals surface area contributed by atoms with Crippen LogP contribution in [0, 0.1) is 6.92 Å². The minimum absolute atomic E-state index is 0.0214. The summed E-state index contributed by atoms with van der Waals surface area (Å²) in [6.45, 7) is 1.87. The van der Waals surface area contributed by atoms with Crippen LogP contribution in [0.5, 0.6) is 5.75 Å². The number of phenols is 1. The van der Waals surface area contributed by atoms with Crippen LogP contribution >= 0.6 is 35.4 Å². The minimum Gasteiger partial charge on any atom is -0.506 e. The number of benzene rings is 2. The maximum atomic E-state index is 12.3. The van der Waals surface area contributed by atoms with Crippen LogP contribution in [0.4, 0.5) is 5.69 Å². The highest BCUT2D eigenvalue weighted by Crippen LogP contribution is 2.34. The fourth-order valence-electron chi connectivity index (χ4n) is 2.37. The summed E-state index contributed by atoms with van der Waals surface area (Å²) in [6.07, 6.45) is 0. The summed E-state index contributed by atoms with van der Waals surface area (Å²) in [5, 5.41) is 15.9. The lowest BCUT2D eigenvalue weighted by atomic mass is 10.2. The zero-order valence-electron chi connectivity index (χ0n) is 14.0. The molecule has 0 atom stereocenters. The Morgan fingerprint density at radius 2 is 1.93 bits per heavy atom. The number of amides is 1. The number of rotatable bonds is 3. The number of hydrogen-bond donors (Lipinski definition) is 3. The van der Waals surface area contributed by atoms with E-state index in [9.17, 15) is 9.90 Å². The van der Waals surface area contributed by atoms with Gasteiger partial charge in [0.1, 0.15) is 11.5 Å². The van der Waals surface area contributed by atoms with E-state index < -0.39 is 5.91 Å². The van der Waals surface area contributed by atoms with Gasteiger partial charge in [-0.25, -0.2) is 0 Å². The van der Waals surface area contributed by atoms with E-state index in [-0.39, 0.29) is 16.6 Å². The Bertz CT molecular complexity index is 1030. The second kappa shape index (κ2) is 8.00. The molecule has 0 unspecified atom stereocenters. The molecule has 1 amide bonds. The Morgan fingerprint density at radius 1 is 1.15 bits per heavy atom. The van der Waals surface area contributed by atoms with Gasteiger partial charge in [0, 0.05) is 5.56 Å². The number of aromatic hydroxyl groups is 1. The predicted octanol–water partition coefficient (Wildman–Crippen LogP) is 5.39. The number of hydrogen-bond acceptors (Lipinski definition) is 4. The van der Waals surface area contributed by atoms with Crippen LogP contribution in [-0.2, 0) is 0 Å². The summed E-state index contributed by atoms with van der Waals surface area (Å²) in [4.78, 5) is 12.3. The molecule has 3 aromatic rings. The Kier molecular flexibility index (Phi) is 5.70. The maximum Gasteiger partial charge on any atom is 0.293 e. The van der Waals surface area contributed by atoms with Gasteiger partial charge in [0.15, 0.2) is 10.9 Å². The summed E-state index contributed by atoms with van der Waals surface area (Å²) in [7, 11) is 0. The van der Waals surface area contributed by atoms with Gasteiger partial charge in [-0.05, 0) is 61.1 Å². The molecule has 0 spiro atoms. The van der Waals surface area contributed by atoms with Crippen LogP contribution in [0.1, 0.15) is 16.1 Å². The molecule has 5 nitrogen and oxygen atoms in total. The molecule has 8 heteroatoms. The molecule has 0 aliphatic heterocycles. The number of phenolic OH excluding ortho intramolecular Hbond substituents is 1. The van der Waals surface area contributed by atoms with E-state index in [1.54, 1.807) is 36.4 Å². The second-order valence-electron chi connectivity index (χ2n) is 5.69. The Morgan fingerprint density at radius 3 is 2.70 bits per heavy atom. The van der Waals surface area contributed by atoms with Gasteiger partial charge in [0.05, 0.1) is 15.7 Å². The largest absolute Gasteiger partial charge is 0.506 e. The van der Waals surface area contributed by atoms with Gasteiger partial charge in [0.25, 0.3) is 5.91 Å². The quantitative estimate of drug-likeness (QED) is 0.390. The van der Waals surface area contributed by atoms with Gasteiger partial charge in [-0.1, -0.05) is 35.3 Å². The molecule has 0 aliphatic rings. The highest BCUT2D eigenvalue weighted by atomic mass is 35.5. The third-order valence-electron chi connectivity index (χ3n) is 3.67. The van der Waals surface area contributed by atoms with Gasteiger partial charge in [-0.15, -0.1) is 0 Å². The van der Waals surface area contributed by atoms with E-state index in [0.29, 0.717) is 27.1 Å². The average molecular weight is 421 g/mol. The zero-order chi connectivity index (χ0) is 19.6. The number of thiocarbonyl (C=S) groups is 1. The minimum atomic E-state index is -0.538. The number of nitrogens with one attached hydrogen (secondary N) is 2. The van der Waals surface area contributed by atoms with Crippen LogP contribution in [0.2, 0.25) is 10.0 Å². The first-order valence-electron chi connectivity index (χ1n) is 7.81. The molecule has 0 saturated heterocycles. The SMILES string of the molecule is Cc1ccc(O)c(NC(=S)NC(=O)c2ccc(-c3cccc(Cl)c3Cl)o2)c1. The number of anilines is 1. The molecule has 0 saturated carbocycles. The molecule has 3 N–H and O–H groups in total. The van der Waals surface area contributed by atoms with Crippen LogP contribution in [0.15, 0.2) is 52.9 Å². The number of aryl methyl sites for hydroxylation is 1. The third-order valence-corrected chi connectivity index (χ3v) is 4.70. The van der Waals surface area contributed by atoms with Crippen molar-refractivity contribution in [2.24, 2.45) is 0 Å². The van der Waals surface area contributed by atoms with Crippen molar-refractivity contribution in [2.45, 2.75) is 6.92 Å². The van der Waals surface area contributed by atoms with Crippen molar-refractivity contribution in [3.8, 4) is 17.1 Å². The smallest absolute Gasteiger partial charge is 0.293 e. The van der Waals surface area contributed by atoms with Gasteiger partial charge in [-0.2, -0.15) is 0 Å². The van der Waals surface area contributed by atoms with Gasteiger partial charge >= 0.3 is 0 Å². The van der Waals surface area contributed by atoms with Crippen molar-refractivity contribution in [2.75, 3.05) is 5.32 Å². The average Bonchev–Trinajstić information content (AvgIpc) is 3.10.